The molecule has 0 amide bonds. The molecule has 1 N–H and O–H groups in total. The Balaban J connectivity index is 2.08. The lowest BCUT2D eigenvalue weighted by molar-refractivity contribution is 0.534. The van der Waals surface area contributed by atoms with Crippen LogP contribution in [0.25, 0.3) is 0 Å². The lowest BCUT2D eigenvalue weighted by atomic mass is 10.2. The lowest BCUT2D eigenvalue weighted by Crippen LogP contribution is -2.19. The van der Waals surface area contributed by atoms with Crippen molar-refractivity contribution in [2.75, 3.05) is 0 Å². The molecule has 2 aromatic heterocycles. The molecule has 0 saturated carbocycles. The van der Waals surface area contributed by atoms with E-state index in [2.05, 4.69) is 57.9 Å². The molecular weight excluding hydrogens is 358 g/mol. The number of aromatic nitrogens is 2. The summed E-state index contributed by atoms with van der Waals surface area (Å²) in [6, 6.07) is 4.31. The third-order valence-electron chi connectivity index (χ3n) is 3.29. The first-order valence-electron chi connectivity index (χ1n) is 6.79. The fraction of sp³-hybridized carbons (Fsp3) is 0.500. The van der Waals surface area contributed by atoms with Crippen LogP contribution in [-0.4, -0.2) is 9.78 Å². The molecule has 0 spiro atoms. The average molecular weight is 377 g/mol. The van der Waals surface area contributed by atoms with Gasteiger partial charge < -0.3 is 5.32 Å². The number of hydrogen-bond acceptors (Lipinski definition) is 3. The van der Waals surface area contributed by atoms with E-state index in [0.717, 1.165) is 34.0 Å². The first-order valence-corrected chi connectivity index (χ1v) is 8.78. The fourth-order valence-corrected chi connectivity index (χ4v) is 3.89. The van der Waals surface area contributed by atoms with Crippen molar-refractivity contribution in [1.29, 1.82) is 0 Å². The average Bonchev–Trinajstić information content (AvgIpc) is 3.00. The van der Waals surface area contributed by atoms with Gasteiger partial charge in [-0.25, -0.2) is 0 Å². The second kappa shape index (κ2) is 7.07. The van der Waals surface area contributed by atoms with Gasteiger partial charge in [-0.3, -0.25) is 4.68 Å². The Morgan fingerprint density at radius 3 is 2.75 bits per heavy atom. The molecule has 2 heterocycles. The number of nitrogens with zero attached hydrogens (tertiary/aromatic N) is 2. The zero-order valence-electron chi connectivity index (χ0n) is 11.9. The van der Waals surface area contributed by atoms with Gasteiger partial charge in [-0.2, -0.15) is 5.10 Å². The zero-order valence-corrected chi connectivity index (χ0v) is 15.1. The summed E-state index contributed by atoms with van der Waals surface area (Å²) in [7, 11) is 0. The Morgan fingerprint density at radius 1 is 1.45 bits per heavy atom. The van der Waals surface area contributed by atoms with Gasteiger partial charge in [0.1, 0.15) is 0 Å². The summed E-state index contributed by atoms with van der Waals surface area (Å²) in [5, 5.41) is 8.16. The first-order chi connectivity index (χ1) is 9.56. The van der Waals surface area contributed by atoms with Gasteiger partial charge in [0.2, 0.25) is 0 Å². The van der Waals surface area contributed by atoms with Crippen LogP contribution < -0.4 is 5.32 Å². The third-order valence-corrected chi connectivity index (χ3v) is 5.62. The van der Waals surface area contributed by atoms with Gasteiger partial charge in [-0.05, 0) is 48.3 Å². The van der Waals surface area contributed by atoms with Crippen LogP contribution in [0.5, 0.6) is 0 Å². The van der Waals surface area contributed by atoms with E-state index < -0.39 is 0 Å². The molecule has 0 aliphatic carbocycles. The molecule has 0 aliphatic heterocycles. The number of thiophene rings is 1. The molecule has 2 rings (SSSR count). The van der Waals surface area contributed by atoms with Crippen LogP contribution >= 0.6 is 38.9 Å². The maximum absolute atomic E-state index is 5.99. The van der Waals surface area contributed by atoms with Crippen LogP contribution in [0.4, 0.5) is 0 Å². The summed E-state index contributed by atoms with van der Waals surface area (Å²) in [5.41, 5.74) is 2.33. The van der Waals surface area contributed by atoms with E-state index in [1.165, 1.54) is 10.6 Å². The molecule has 0 radical (unpaired) electrons. The monoisotopic (exact) mass is 375 g/mol. The maximum atomic E-state index is 5.99. The standard InChI is InChI=1S/C14H19BrClN3S/c1-4-10-14(15)11(19(5-2)18-10)8-17-9(3)12-6-7-13(16)20-12/h6-7,9,17H,4-5,8H2,1-3H3. The summed E-state index contributed by atoms with van der Waals surface area (Å²) >= 11 is 11.3. The molecule has 1 atom stereocenters. The minimum Gasteiger partial charge on any atom is -0.304 e. The van der Waals surface area contributed by atoms with E-state index >= 15 is 0 Å². The molecule has 0 aromatic carbocycles. The van der Waals surface area contributed by atoms with Crippen LogP contribution in [-0.2, 0) is 19.5 Å². The first kappa shape index (κ1) is 16.0. The molecular formula is C14H19BrClN3S. The summed E-state index contributed by atoms with van der Waals surface area (Å²) in [6.45, 7) is 8.07. The fourth-order valence-electron chi connectivity index (χ4n) is 2.10. The molecule has 0 saturated heterocycles. The highest BCUT2D eigenvalue weighted by Crippen LogP contribution is 2.28. The molecule has 0 aliphatic rings. The predicted molar refractivity (Wildman–Crippen MR) is 89.6 cm³/mol. The van der Waals surface area contributed by atoms with Crippen molar-refractivity contribution in [1.82, 2.24) is 15.1 Å². The van der Waals surface area contributed by atoms with Crippen LogP contribution in [0.3, 0.4) is 0 Å². The largest absolute Gasteiger partial charge is 0.304 e. The Bertz CT molecular complexity index is 579. The van der Waals surface area contributed by atoms with E-state index in [-0.39, 0.29) is 6.04 Å². The minimum absolute atomic E-state index is 0.282. The molecule has 2 aromatic rings. The van der Waals surface area contributed by atoms with Crippen molar-refractivity contribution in [2.24, 2.45) is 0 Å². The van der Waals surface area contributed by atoms with Crippen LogP contribution in [0.1, 0.15) is 43.1 Å². The summed E-state index contributed by atoms with van der Waals surface area (Å²) < 4.78 is 4.02. The molecule has 6 heteroatoms. The number of halogens is 2. The Kier molecular flexibility index (Phi) is 5.66. The van der Waals surface area contributed by atoms with Gasteiger partial charge in [-0.1, -0.05) is 18.5 Å². The van der Waals surface area contributed by atoms with Gasteiger partial charge in [0.15, 0.2) is 0 Å². The molecule has 3 nitrogen and oxygen atoms in total. The molecule has 110 valence electrons. The van der Waals surface area contributed by atoms with Crippen molar-refractivity contribution in [3.8, 4) is 0 Å². The van der Waals surface area contributed by atoms with Crippen molar-refractivity contribution in [3.05, 3.63) is 37.2 Å². The van der Waals surface area contributed by atoms with Crippen molar-refractivity contribution in [3.63, 3.8) is 0 Å². The Morgan fingerprint density at radius 2 is 2.20 bits per heavy atom. The van der Waals surface area contributed by atoms with Crippen molar-refractivity contribution < 1.29 is 0 Å². The van der Waals surface area contributed by atoms with Crippen LogP contribution in [0.2, 0.25) is 4.34 Å². The van der Waals surface area contributed by atoms with Gasteiger partial charge >= 0.3 is 0 Å². The molecule has 0 fully saturated rings. The number of aryl methyl sites for hydroxylation is 2. The molecule has 1 unspecified atom stereocenters. The second-order valence-corrected chi connectivity index (χ2v) is 7.16. The third kappa shape index (κ3) is 3.45. The van der Waals surface area contributed by atoms with E-state index in [0.29, 0.717) is 0 Å². The minimum atomic E-state index is 0.282. The topological polar surface area (TPSA) is 29.9 Å². The Labute approximate surface area is 137 Å². The van der Waals surface area contributed by atoms with Crippen molar-refractivity contribution >= 4 is 38.9 Å². The van der Waals surface area contributed by atoms with E-state index in [1.54, 1.807) is 11.3 Å². The van der Waals surface area contributed by atoms with E-state index in [4.69, 9.17) is 11.6 Å². The summed E-state index contributed by atoms with van der Waals surface area (Å²) in [5.74, 6) is 0. The molecule has 20 heavy (non-hydrogen) atoms. The van der Waals surface area contributed by atoms with Gasteiger partial charge in [-0.15, -0.1) is 11.3 Å². The smallest absolute Gasteiger partial charge is 0.0931 e. The second-order valence-electron chi connectivity index (χ2n) is 4.62. The molecule has 0 bridgehead atoms. The van der Waals surface area contributed by atoms with Crippen LogP contribution in [0, 0.1) is 0 Å². The van der Waals surface area contributed by atoms with E-state index in [1.807, 2.05) is 6.07 Å². The van der Waals surface area contributed by atoms with Crippen LogP contribution in [0.15, 0.2) is 16.6 Å². The summed E-state index contributed by atoms with van der Waals surface area (Å²) in [4.78, 5) is 1.25. The van der Waals surface area contributed by atoms with Gasteiger partial charge in [0.05, 0.1) is 20.2 Å². The predicted octanol–water partition coefficient (Wildman–Crippen LogP) is 4.79. The van der Waals surface area contributed by atoms with E-state index in [9.17, 15) is 0 Å². The van der Waals surface area contributed by atoms with Crippen molar-refractivity contribution in [2.45, 2.75) is 46.3 Å². The number of nitrogens with one attached hydrogen (secondary N) is 1. The quantitative estimate of drug-likeness (QED) is 0.785. The number of hydrogen-bond donors (Lipinski definition) is 1. The van der Waals surface area contributed by atoms with Gasteiger partial charge in [0.25, 0.3) is 0 Å². The highest BCUT2D eigenvalue weighted by molar-refractivity contribution is 9.10. The lowest BCUT2D eigenvalue weighted by Gasteiger charge is -2.13. The zero-order chi connectivity index (χ0) is 14.7. The maximum Gasteiger partial charge on any atom is 0.0931 e. The Hall–Kier alpha value is -0.360. The number of rotatable bonds is 6. The summed E-state index contributed by atoms with van der Waals surface area (Å²) in [6.07, 6.45) is 0.941. The normalized spacial score (nSPS) is 12.8. The highest BCUT2D eigenvalue weighted by atomic mass is 79.9. The van der Waals surface area contributed by atoms with Gasteiger partial charge in [0, 0.05) is 24.0 Å². The highest BCUT2D eigenvalue weighted by Gasteiger charge is 2.15. The SMILES string of the molecule is CCc1nn(CC)c(CNC(C)c2ccc(Cl)s2)c1Br.